The molecule has 0 N–H and O–H groups in total. The number of sulfonamides is 1. The number of nitro benzene ring substituents is 1. The van der Waals surface area contributed by atoms with Gasteiger partial charge in [-0.25, -0.2) is 4.79 Å². The molecule has 0 heterocycles. The highest BCUT2D eigenvalue weighted by atomic mass is 32.2. The molecule has 7 nitrogen and oxygen atoms in total. The van der Waals surface area contributed by atoms with Gasteiger partial charge in [-0.05, 0) is 6.07 Å². The summed E-state index contributed by atoms with van der Waals surface area (Å²) in [6, 6.07) is 4.23. The van der Waals surface area contributed by atoms with Crippen LogP contribution < -0.4 is 0 Å². The van der Waals surface area contributed by atoms with E-state index < -0.39 is 25.5 Å². The molecule has 8 heteroatoms. The van der Waals surface area contributed by atoms with E-state index in [9.17, 15) is 23.3 Å². The lowest BCUT2D eigenvalue weighted by Gasteiger charge is -1.95. The summed E-state index contributed by atoms with van der Waals surface area (Å²) in [5.41, 5.74) is -0.392. The van der Waals surface area contributed by atoms with Crippen LogP contribution in [-0.2, 0) is 14.8 Å². The highest BCUT2D eigenvalue weighted by molar-refractivity contribution is 7.90. The van der Waals surface area contributed by atoms with Gasteiger partial charge >= 0.3 is 0 Å². The first-order chi connectivity index (χ1) is 6.97. The first kappa shape index (κ1) is 11.0. The monoisotopic (exact) mass is 228 g/mol. The summed E-state index contributed by atoms with van der Waals surface area (Å²) in [5, 5.41) is 10.3. The van der Waals surface area contributed by atoms with Crippen LogP contribution in [0.2, 0.25) is 0 Å². The van der Waals surface area contributed by atoms with Crippen molar-refractivity contribution in [2.45, 2.75) is 4.90 Å². The summed E-state index contributed by atoms with van der Waals surface area (Å²) < 4.78 is 24.9. The molecule has 0 amide bonds. The number of rotatable bonds is 3. The van der Waals surface area contributed by atoms with Gasteiger partial charge < -0.3 is 0 Å². The van der Waals surface area contributed by atoms with E-state index in [-0.39, 0.29) is 0 Å². The maximum atomic E-state index is 11.2. The molecule has 1 aromatic rings. The second-order valence-corrected chi connectivity index (χ2v) is 4.02. The summed E-state index contributed by atoms with van der Waals surface area (Å²) in [5.74, 6) is 0. The minimum Gasteiger partial charge on any atom is -0.258 e. The summed E-state index contributed by atoms with van der Waals surface area (Å²) in [6.07, 6.45) is 0.872. The smallest absolute Gasteiger partial charge is 0.258 e. The van der Waals surface area contributed by atoms with E-state index in [1.54, 1.807) is 0 Å². The van der Waals surface area contributed by atoms with E-state index in [4.69, 9.17) is 0 Å². The maximum absolute atomic E-state index is 11.2. The number of benzene rings is 1. The molecule has 0 spiro atoms. The molecule has 0 aliphatic heterocycles. The molecule has 0 aliphatic rings. The van der Waals surface area contributed by atoms with Crippen LogP contribution >= 0.6 is 0 Å². The molecule has 0 saturated carbocycles. The fraction of sp³-hybridized carbons (Fsp3) is 0. The normalized spacial score (nSPS) is 10.4. The molecule has 0 aliphatic carbocycles. The summed E-state index contributed by atoms with van der Waals surface area (Å²) in [6.45, 7) is 0. The molecule has 1 rings (SSSR count). The van der Waals surface area contributed by atoms with Crippen LogP contribution in [0.1, 0.15) is 0 Å². The van der Waals surface area contributed by atoms with Crippen molar-refractivity contribution in [3.05, 3.63) is 34.4 Å². The van der Waals surface area contributed by atoms with E-state index in [0.29, 0.717) is 0 Å². The molecule has 15 heavy (non-hydrogen) atoms. The molecule has 0 fully saturated rings. The third kappa shape index (κ3) is 2.46. The Kier molecular flexibility index (Phi) is 2.93. The molecule has 0 unspecified atom stereocenters. The number of carbonyl (C=O) groups excluding carboxylic acids is 1. The van der Waals surface area contributed by atoms with Gasteiger partial charge in [-0.3, -0.25) is 10.1 Å². The van der Waals surface area contributed by atoms with Crippen molar-refractivity contribution in [2.75, 3.05) is 0 Å². The molecular formula is C7H4N2O5S. The molecule has 0 radical (unpaired) electrons. The van der Waals surface area contributed by atoms with Gasteiger partial charge in [-0.2, -0.15) is 8.42 Å². The second-order valence-electron chi connectivity index (χ2n) is 2.41. The third-order valence-electron chi connectivity index (χ3n) is 1.48. The minimum atomic E-state index is -4.17. The number of hydrogen-bond donors (Lipinski definition) is 0. The SMILES string of the molecule is O=C=NS(=O)(=O)c1cccc([N+](=O)[O-])c1. The van der Waals surface area contributed by atoms with Crippen LogP contribution in [0.5, 0.6) is 0 Å². The Morgan fingerprint density at radius 3 is 2.60 bits per heavy atom. The highest BCUT2D eigenvalue weighted by Gasteiger charge is 2.16. The summed E-state index contributed by atoms with van der Waals surface area (Å²) in [4.78, 5) is 19.0. The van der Waals surface area contributed by atoms with Crippen LogP contribution in [0.3, 0.4) is 0 Å². The Morgan fingerprint density at radius 2 is 2.07 bits per heavy atom. The van der Waals surface area contributed by atoms with E-state index in [2.05, 4.69) is 4.40 Å². The average molecular weight is 228 g/mol. The maximum Gasteiger partial charge on any atom is 0.292 e. The summed E-state index contributed by atoms with van der Waals surface area (Å²) in [7, 11) is -4.17. The van der Waals surface area contributed by atoms with Gasteiger partial charge in [0.25, 0.3) is 21.8 Å². The van der Waals surface area contributed by atoms with E-state index >= 15 is 0 Å². The Labute approximate surface area is 84.3 Å². The topological polar surface area (TPSA) is 107 Å². The predicted octanol–water partition coefficient (Wildman–Crippen LogP) is 0.619. The lowest BCUT2D eigenvalue weighted by molar-refractivity contribution is -0.385. The number of nitrogens with zero attached hydrogens (tertiary/aromatic N) is 2. The lowest BCUT2D eigenvalue weighted by atomic mass is 10.3. The highest BCUT2D eigenvalue weighted by Crippen LogP contribution is 2.18. The molecule has 0 bridgehead atoms. The van der Waals surface area contributed by atoms with Crippen LogP contribution in [-0.4, -0.2) is 19.4 Å². The molecule has 78 valence electrons. The van der Waals surface area contributed by atoms with Crippen LogP contribution in [0, 0.1) is 10.1 Å². The Bertz CT molecular complexity index is 544. The lowest BCUT2D eigenvalue weighted by Crippen LogP contribution is -1.97. The van der Waals surface area contributed by atoms with Crippen LogP contribution in [0.15, 0.2) is 33.6 Å². The third-order valence-corrected chi connectivity index (χ3v) is 2.65. The Balaban J connectivity index is 3.34. The quantitative estimate of drug-likeness (QED) is 0.326. The number of non-ortho nitro benzene ring substituents is 1. The van der Waals surface area contributed by atoms with Gasteiger partial charge in [-0.1, -0.05) is 10.5 Å². The molecular weight excluding hydrogens is 224 g/mol. The van der Waals surface area contributed by atoms with E-state index in [1.807, 2.05) is 0 Å². The minimum absolute atomic E-state index is 0.392. The average Bonchev–Trinajstić information content (AvgIpc) is 2.18. The van der Waals surface area contributed by atoms with Crippen molar-refractivity contribution >= 4 is 21.8 Å². The number of isocyanates is 1. The van der Waals surface area contributed by atoms with Crippen molar-refractivity contribution in [1.82, 2.24) is 0 Å². The first-order valence-electron chi connectivity index (χ1n) is 3.56. The second kappa shape index (κ2) is 3.99. The molecule has 0 atom stereocenters. The van der Waals surface area contributed by atoms with E-state index in [1.165, 1.54) is 6.07 Å². The van der Waals surface area contributed by atoms with Gasteiger partial charge in [0.05, 0.1) is 9.82 Å². The first-order valence-corrected chi connectivity index (χ1v) is 5.00. The van der Waals surface area contributed by atoms with Gasteiger partial charge in [0, 0.05) is 12.1 Å². The molecule has 1 aromatic carbocycles. The zero-order chi connectivity index (χ0) is 11.5. The standard InChI is InChI=1S/C7H4N2O5S/c10-5-8-15(13,14)7-3-1-2-6(4-7)9(11)12/h1-4H. The van der Waals surface area contributed by atoms with Crippen molar-refractivity contribution in [3.8, 4) is 0 Å². The van der Waals surface area contributed by atoms with Crippen molar-refractivity contribution in [2.24, 2.45) is 4.40 Å². The largest absolute Gasteiger partial charge is 0.292 e. The van der Waals surface area contributed by atoms with Crippen LogP contribution in [0.25, 0.3) is 0 Å². The predicted molar refractivity (Wildman–Crippen MR) is 48.4 cm³/mol. The van der Waals surface area contributed by atoms with E-state index in [0.717, 1.165) is 24.3 Å². The zero-order valence-corrected chi connectivity index (χ0v) is 7.97. The number of nitro groups is 1. The molecule has 0 saturated heterocycles. The fourth-order valence-corrected chi connectivity index (χ4v) is 1.58. The summed E-state index contributed by atoms with van der Waals surface area (Å²) >= 11 is 0. The van der Waals surface area contributed by atoms with Crippen molar-refractivity contribution < 1.29 is 18.1 Å². The van der Waals surface area contributed by atoms with Gasteiger partial charge in [-0.15, -0.1) is 0 Å². The Morgan fingerprint density at radius 1 is 1.40 bits per heavy atom. The van der Waals surface area contributed by atoms with Gasteiger partial charge in [0.15, 0.2) is 0 Å². The number of hydrogen-bond acceptors (Lipinski definition) is 5. The zero-order valence-electron chi connectivity index (χ0n) is 7.15. The molecule has 0 aromatic heterocycles. The fourth-order valence-electron chi connectivity index (χ4n) is 0.859. The van der Waals surface area contributed by atoms with Crippen molar-refractivity contribution in [3.63, 3.8) is 0 Å². The Hall–Kier alpha value is -2.05. The van der Waals surface area contributed by atoms with Gasteiger partial charge in [0.1, 0.15) is 0 Å². The van der Waals surface area contributed by atoms with Crippen molar-refractivity contribution in [1.29, 1.82) is 0 Å². The van der Waals surface area contributed by atoms with Gasteiger partial charge in [0.2, 0.25) is 0 Å². The van der Waals surface area contributed by atoms with Crippen LogP contribution in [0.4, 0.5) is 5.69 Å².